The molecular weight excluding hydrogens is 212 g/mol. The summed E-state index contributed by atoms with van der Waals surface area (Å²) in [5.74, 6) is 0.907. The minimum absolute atomic E-state index is 0.591. The molecule has 96 valence electrons. The molecule has 0 fully saturated rings. The van der Waals surface area contributed by atoms with Gasteiger partial charge in [-0.2, -0.15) is 0 Å². The van der Waals surface area contributed by atoms with Crippen molar-refractivity contribution < 1.29 is 4.74 Å². The molecule has 0 spiro atoms. The molecule has 0 radical (unpaired) electrons. The van der Waals surface area contributed by atoms with Gasteiger partial charge in [0.05, 0.1) is 7.11 Å². The molecular formula is C14H24N2O. The Balaban J connectivity index is 2.43. The van der Waals surface area contributed by atoms with E-state index in [4.69, 9.17) is 4.74 Å². The molecule has 1 rings (SSSR count). The smallest absolute Gasteiger partial charge is 0.120 e. The van der Waals surface area contributed by atoms with Crippen LogP contribution in [0.1, 0.15) is 20.3 Å². The summed E-state index contributed by atoms with van der Waals surface area (Å²) < 4.78 is 5.22. The lowest BCUT2D eigenvalue weighted by Gasteiger charge is -2.21. The lowest BCUT2D eigenvalue weighted by molar-refractivity contribution is 0.415. The second-order valence-electron chi connectivity index (χ2n) is 4.39. The number of nitrogens with zero attached hydrogens (tertiary/aromatic N) is 1. The zero-order chi connectivity index (χ0) is 12.7. The van der Waals surface area contributed by atoms with Crippen molar-refractivity contribution in [3.8, 4) is 5.75 Å². The number of ether oxygens (including phenoxy) is 1. The SMILES string of the molecule is CCC(C)NCCN(C)c1cccc(OC)c1. The van der Waals surface area contributed by atoms with Crippen molar-refractivity contribution in [2.75, 3.05) is 32.1 Å². The first-order chi connectivity index (χ1) is 8.17. The van der Waals surface area contributed by atoms with E-state index in [0.717, 1.165) is 18.8 Å². The van der Waals surface area contributed by atoms with Crippen LogP contribution in [0.15, 0.2) is 24.3 Å². The quantitative estimate of drug-likeness (QED) is 0.787. The summed E-state index contributed by atoms with van der Waals surface area (Å²) in [6.45, 7) is 6.41. The lowest BCUT2D eigenvalue weighted by Crippen LogP contribution is -2.33. The number of anilines is 1. The summed E-state index contributed by atoms with van der Waals surface area (Å²) in [4.78, 5) is 2.23. The molecule has 1 aromatic rings. The number of nitrogens with one attached hydrogen (secondary N) is 1. The molecule has 1 atom stereocenters. The van der Waals surface area contributed by atoms with Gasteiger partial charge in [0, 0.05) is 37.9 Å². The van der Waals surface area contributed by atoms with Gasteiger partial charge in [0.25, 0.3) is 0 Å². The number of methoxy groups -OCH3 is 1. The summed E-state index contributed by atoms with van der Waals surface area (Å²) >= 11 is 0. The highest BCUT2D eigenvalue weighted by Crippen LogP contribution is 2.19. The van der Waals surface area contributed by atoms with Crippen molar-refractivity contribution in [1.29, 1.82) is 0 Å². The van der Waals surface area contributed by atoms with Crippen molar-refractivity contribution >= 4 is 5.69 Å². The summed E-state index contributed by atoms with van der Waals surface area (Å²) in [6.07, 6.45) is 1.17. The fourth-order valence-electron chi connectivity index (χ4n) is 1.60. The third-order valence-corrected chi connectivity index (χ3v) is 3.05. The second kappa shape index (κ2) is 7.17. The Labute approximate surface area is 105 Å². The number of benzene rings is 1. The normalized spacial score (nSPS) is 12.2. The van der Waals surface area contributed by atoms with Gasteiger partial charge in [-0.3, -0.25) is 0 Å². The average Bonchev–Trinajstić information content (AvgIpc) is 2.38. The van der Waals surface area contributed by atoms with Gasteiger partial charge in [-0.1, -0.05) is 13.0 Å². The molecule has 3 heteroatoms. The van der Waals surface area contributed by atoms with E-state index >= 15 is 0 Å². The van der Waals surface area contributed by atoms with Crippen LogP contribution in [-0.2, 0) is 0 Å². The van der Waals surface area contributed by atoms with E-state index in [1.807, 2.05) is 12.1 Å². The van der Waals surface area contributed by atoms with Crippen molar-refractivity contribution in [3.05, 3.63) is 24.3 Å². The van der Waals surface area contributed by atoms with Crippen LogP contribution in [0.5, 0.6) is 5.75 Å². The van der Waals surface area contributed by atoms with Gasteiger partial charge in [0.15, 0.2) is 0 Å². The van der Waals surface area contributed by atoms with Gasteiger partial charge in [-0.15, -0.1) is 0 Å². The van der Waals surface area contributed by atoms with E-state index in [9.17, 15) is 0 Å². The molecule has 0 aliphatic rings. The lowest BCUT2D eigenvalue weighted by atomic mass is 10.2. The predicted molar refractivity (Wildman–Crippen MR) is 74.0 cm³/mol. The van der Waals surface area contributed by atoms with Crippen LogP contribution in [0.2, 0.25) is 0 Å². The highest BCUT2D eigenvalue weighted by Gasteiger charge is 2.03. The molecule has 0 aliphatic heterocycles. The Hall–Kier alpha value is -1.22. The Kier molecular flexibility index (Phi) is 5.84. The van der Waals surface area contributed by atoms with Crippen LogP contribution in [0.25, 0.3) is 0 Å². The number of likely N-dealkylation sites (N-methyl/N-ethyl adjacent to an activating group) is 1. The van der Waals surface area contributed by atoms with E-state index < -0.39 is 0 Å². The van der Waals surface area contributed by atoms with Crippen molar-refractivity contribution in [2.45, 2.75) is 26.3 Å². The van der Waals surface area contributed by atoms with Gasteiger partial charge < -0.3 is 15.0 Å². The Bertz CT molecular complexity index is 328. The van der Waals surface area contributed by atoms with Gasteiger partial charge in [0.2, 0.25) is 0 Å². The molecule has 0 bridgehead atoms. The number of hydrogen-bond donors (Lipinski definition) is 1. The molecule has 0 aliphatic carbocycles. The topological polar surface area (TPSA) is 24.5 Å². The van der Waals surface area contributed by atoms with Crippen LogP contribution in [-0.4, -0.2) is 33.3 Å². The molecule has 0 aromatic heterocycles. The molecule has 0 amide bonds. The highest BCUT2D eigenvalue weighted by atomic mass is 16.5. The van der Waals surface area contributed by atoms with Crippen molar-refractivity contribution in [2.24, 2.45) is 0 Å². The third-order valence-electron chi connectivity index (χ3n) is 3.05. The molecule has 0 saturated heterocycles. The molecule has 3 nitrogen and oxygen atoms in total. The van der Waals surface area contributed by atoms with Crippen LogP contribution in [0.4, 0.5) is 5.69 Å². The monoisotopic (exact) mass is 236 g/mol. The van der Waals surface area contributed by atoms with Crippen LogP contribution < -0.4 is 15.0 Å². The average molecular weight is 236 g/mol. The fraction of sp³-hybridized carbons (Fsp3) is 0.571. The molecule has 0 heterocycles. The first-order valence-corrected chi connectivity index (χ1v) is 6.26. The molecule has 1 N–H and O–H groups in total. The zero-order valence-corrected chi connectivity index (χ0v) is 11.4. The number of rotatable bonds is 7. The molecule has 1 unspecified atom stereocenters. The van der Waals surface area contributed by atoms with Crippen LogP contribution in [0, 0.1) is 0 Å². The summed E-state index contributed by atoms with van der Waals surface area (Å²) in [6, 6.07) is 8.74. The molecule has 0 saturated carbocycles. The number of hydrogen-bond acceptors (Lipinski definition) is 3. The standard InChI is InChI=1S/C14H24N2O/c1-5-12(2)15-9-10-16(3)13-7-6-8-14(11-13)17-4/h6-8,11-12,15H,5,9-10H2,1-4H3. The van der Waals surface area contributed by atoms with E-state index in [0.29, 0.717) is 6.04 Å². The highest BCUT2D eigenvalue weighted by molar-refractivity contribution is 5.50. The Morgan fingerprint density at radius 2 is 2.18 bits per heavy atom. The largest absolute Gasteiger partial charge is 0.497 e. The fourth-order valence-corrected chi connectivity index (χ4v) is 1.60. The molecule has 17 heavy (non-hydrogen) atoms. The Morgan fingerprint density at radius 3 is 2.82 bits per heavy atom. The third kappa shape index (κ3) is 4.65. The minimum Gasteiger partial charge on any atom is -0.497 e. The van der Waals surface area contributed by atoms with Gasteiger partial charge in [0.1, 0.15) is 5.75 Å². The predicted octanol–water partition coefficient (Wildman–Crippen LogP) is 2.52. The van der Waals surface area contributed by atoms with Gasteiger partial charge in [-0.05, 0) is 25.5 Å². The minimum atomic E-state index is 0.591. The maximum Gasteiger partial charge on any atom is 0.120 e. The van der Waals surface area contributed by atoms with Gasteiger partial charge in [-0.25, -0.2) is 0 Å². The van der Waals surface area contributed by atoms with E-state index in [1.54, 1.807) is 7.11 Å². The van der Waals surface area contributed by atoms with Crippen LogP contribution >= 0.6 is 0 Å². The van der Waals surface area contributed by atoms with E-state index in [2.05, 4.69) is 43.2 Å². The van der Waals surface area contributed by atoms with Crippen LogP contribution in [0.3, 0.4) is 0 Å². The second-order valence-corrected chi connectivity index (χ2v) is 4.39. The summed E-state index contributed by atoms with van der Waals surface area (Å²) in [5.41, 5.74) is 1.19. The first-order valence-electron chi connectivity index (χ1n) is 6.26. The van der Waals surface area contributed by atoms with E-state index in [-0.39, 0.29) is 0 Å². The first kappa shape index (κ1) is 13.8. The van der Waals surface area contributed by atoms with E-state index in [1.165, 1.54) is 12.1 Å². The van der Waals surface area contributed by atoms with Crippen molar-refractivity contribution in [1.82, 2.24) is 5.32 Å². The summed E-state index contributed by atoms with van der Waals surface area (Å²) in [7, 11) is 3.80. The van der Waals surface area contributed by atoms with Gasteiger partial charge >= 0.3 is 0 Å². The zero-order valence-electron chi connectivity index (χ0n) is 11.4. The summed E-state index contributed by atoms with van der Waals surface area (Å²) in [5, 5.41) is 3.49. The van der Waals surface area contributed by atoms with Crippen molar-refractivity contribution in [3.63, 3.8) is 0 Å². The molecule has 1 aromatic carbocycles. The maximum absolute atomic E-state index is 5.22. The Morgan fingerprint density at radius 1 is 1.41 bits per heavy atom. The maximum atomic E-state index is 5.22.